The van der Waals surface area contributed by atoms with Gasteiger partial charge in [0, 0.05) is 5.56 Å². The standard InChI is InChI=1S/C17H13ClFNO5S/c1-17(10-7-8-12(18)13(19)9-10)15(22)14(21)16(25-17)20-26(23,24)11-5-3-2-4-6-11/h2-9,20-21H,1H3. The van der Waals surface area contributed by atoms with E-state index in [1.165, 1.54) is 43.3 Å². The van der Waals surface area contributed by atoms with Crippen LogP contribution in [-0.4, -0.2) is 19.3 Å². The lowest BCUT2D eigenvalue weighted by atomic mass is 9.91. The van der Waals surface area contributed by atoms with Gasteiger partial charge in [-0.25, -0.2) is 17.5 Å². The maximum Gasteiger partial charge on any atom is 0.264 e. The number of ether oxygens (including phenoxy) is 1. The number of rotatable bonds is 4. The molecule has 136 valence electrons. The Balaban J connectivity index is 1.94. The van der Waals surface area contributed by atoms with Crippen LogP contribution in [0.3, 0.4) is 0 Å². The number of benzene rings is 2. The number of carbonyl (C=O) groups excluding carboxylic acids is 1. The second-order valence-electron chi connectivity index (χ2n) is 5.69. The van der Waals surface area contributed by atoms with Gasteiger partial charge in [-0.3, -0.25) is 4.79 Å². The lowest BCUT2D eigenvalue weighted by molar-refractivity contribution is -0.131. The van der Waals surface area contributed by atoms with E-state index in [1.54, 1.807) is 6.07 Å². The first-order valence-electron chi connectivity index (χ1n) is 7.35. The lowest BCUT2D eigenvalue weighted by Crippen LogP contribution is -2.32. The Labute approximate surface area is 153 Å². The van der Waals surface area contributed by atoms with Gasteiger partial charge in [0.1, 0.15) is 5.82 Å². The van der Waals surface area contributed by atoms with Crippen molar-refractivity contribution in [3.8, 4) is 0 Å². The quantitative estimate of drug-likeness (QED) is 0.827. The molecular formula is C17H13ClFNO5S. The Morgan fingerprint density at radius 2 is 1.85 bits per heavy atom. The second-order valence-corrected chi connectivity index (χ2v) is 7.78. The summed E-state index contributed by atoms with van der Waals surface area (Å²) in [6, 6.07) is 10.9. The first kappa shape index (κ1) is 18.2. The Hall–Kier alpha value is -2.58. The molecular weight excluding hydrogens is 385 g/mol. The summed E-state index contributed by atoms with van der Waals surface area (Å²) in [6.07, 6.45) is 0. The van der Waals surface area contributed by atoms with E-state index in [0.717, 1.165) is 6.07 Å². The van der Waals surface area contributed by atoms with Crippen molar-refractivity contribution >= 4 is 27.4 Å². The molecule has 9 heteroatoms. The van der Waals surface area contributed by atoms with Crippen LogP contribution >= 0.6 is 11.6 Å². The third-order valence-corrected chi connectivity index (χ3v) is 5.57. The number of Topliss-reactive ketones (excluding diaryl/α,β-unsaturated/α-hetero) is 1. The van der Waals surface area contributed by atoms with Crippen LogP contribution < -0.4 is 4.72 Å². The number of hydrogen-bond acceptors (Lipinski definition) is 5. The van der Waals surface area contributed by atoms with Gasteiger partial charge in [-0.2, -0.15) is 0 Å². The van der Waals surface area contributed by atoms with Crippen molar-refractivity contribution in [2.45, 2.75) is 17.4 Å². The molecule has 3 rings (SSSR count). The number of aliphatic hydroxyl groups is 1. The zero-order chi connectivity index (χ0) is 19.1. The minimum absolute atomic E-state index is 0.0739. The van der Waals surface area contributed by atoms with Crippen molar-refractivity contribution in [2.24, 2.45) is 0 Å². The van der Waals surface area contributed by atoms with Crippen LogP contribution in [-0.2, 0) is 25.2 Å². The number of sulfonamides is 1. The molecule has 0 fully saturated rings. The van der Waals surface area contributed by atoms with Gasteiger partial charge in [0.2, 0.25) is 11.6 Å². The Morgan fingerprint density at radius 3 is 2.46 bits per heavy atom. The Bertz CT molecular complexity index is 1020. The SMILES string of the molecule is CC1(c2ccc(Cl)c(F)c2)OC(NS(=O)(=O)c2ccccc2)=C(O)C1=O. The summed E-state index contributed by atoms with van der Waals surface area (Å²) in [4.78, 5) is 12.4. The van der Waals surface area contributed by atoms with Gasteiger partial charge in [0.15, 0.2) is 5.60 Å². The lowest BCUT2D eigenvalue weighted by Gasteiger charge is -2.24. The molecule has 26 heavy (non-hydrogen) atoms. The van der Waals surface area contributed by atoms with Crippen LogP contribution in [0.1, 0.15) is 12.5 Å². The van der Waals surface area contributed by atoms with Crippen LogP contribution in [0.4, 0.5) is 4.39 Å². The zero-order valence-electron chi connectivity index (χ0n) is 13.4. The highest BCUT2D eigenvalue weighted by atomic mass is 35.5. The minimum atomic E-state index is -4.09. The van der Waals surface area contributed by atoms with E-state index in [1.807, 2.05) is 4.72 Å². The molecule has 0 aromatic heterocycles. The highest BCUT2D eigenvalue weighted by molar-refractivity contribution is 7.89. The molecule has 2 aromatic carbocycles. The van der Waals surface area contributed by atoms with Gasteiger partial charge in [-0.15, -0.1) is 0 Å². The molecule has 0 bridgehead atoms. The van der Waals surface area contributed by atoms with E-state index in [0.29, 0.717) is 0 Å². The summed E-state index contributed by atoms with van der Waals surface area (Å²) >= 11 is 5.63. The van der Waals surface area contributed by atoms with Crippen molar-refractivity contribution < 1.29 is 27.4 Å². The molecule has 0 radical (unpaired) electrons. The number of aliphatic hydroxyl groups excluding tert-OH is 1. The molecule has 1 unspecified atom stereocenters. The van der Waals surface area contributed by atoms with Crippen LogP contribution in [0, 0.1) is 5.82 Å². The molecule has 0 saturated carbocycles. The van der Waals surface area contributed by atoms with Gasteiger partial charge in [-0.1, -0.05) is 35.9 Å². The van der Waals surface area contributed by atoms with E-state index >= 15 is 0 Å². The van der Waals surface area contributed by atoms with Gasteiger partial charge in [0.05, 0.1) is 9.92 Å². The Morgan fingerprint density at radius 1 is 1.19 bits per heavy atom. The summed E-state index contributed by atoms with van der Waals surface area (Å²) in [5.74, 6) is -3.22. The normalized spacial score (nSPS) is 20.2. The topological polar surface area (TPSA) is 92.7 Å². The molecule has 6 nitrogen and oxygen atoms in total. The maximum absolute atomic E-state index is 13.7. The van der Waals surface area contributed by atoms with E-state index in [2.05, 4.69) is 0 Å². The zero-order valence-corrected chi connectivity index (χ0v) is 14.9. The minimum Gasteiger partial charge on any atom is -0.501 e. The summed E-state index contributed by atoms with van der Waals surface area (Å²) < 4.78 is 45.9. The number of hydrogen-bond donors (Lipinski definition) is 2. The van der Waals surface area contributed by atoms with Crippen molar-refractivity contribution in [2.75, 3.05) is 0 Å². The van der Waals surface area contributed by atoms with Gasteiger partial charge in [0.25, 0.3) is 15.8 Å². The summed E-state index contributed by atoms with van der Waals surface area (Å²) in [5, 5.41) is 9.90. The van der Waals surface area contributed by atoms with E-state index < -0.39 is 38.9 Å². The molecule has 0 saturated heterocycles. The van der Waals surface area contributed by atoms with Crippen LogP contribution in [0.25, 0.3) is 0 Å². The Kier molecular flexibility index (Phi) is 4.41. The van der Waals surface area contributed by atoms with E-state index in [9.17, 15) is 22.7 Å². The highest BCUT2D eigenvalue weighted by Crippen LogP contribution is 2.38. The van der Waals surface area contributed by atoms with Gasteiger partial charge >= 0.3 is 0 Å². The third kappa shape index (κ3) is 3.02. The average molecular weight is 398 g/mol. The molecule has 1 aliphatic rings. The molecule has 2 N–H and O–H groups in total. The smallest absolute Gasteiger partial charge is 0.264 e. The largest absolute Gasteiger partial charge is 0.501 e. The van der Waals surface area contributed by atoms with Crippen molar-refractivity contribution in [1.82, 2.24) is 4.72 Å². The van der Waals surface area contributed by atoms with Gasteiger partial charge in [-0.05, 0) is 31.2 Å². The van der Waals surface area contributed by atoms with Crippen LogP contribution in [0.15, 0.2) is 65.1 Å². The highest BCUT2D eigenvalue weighted by Gasteiger charge is 2.49. The molecule has 1 atom stereocenters. The molecule has 0 aliphatic carbocycles. The first-order valence-corrected chi connectivity index (χ1v) is 9.22. The fourth-order valence-corrected chi connectivity index (χ4v) is 3.59. The number of nitrogens with one attached hydrogen (secondary N) is 1. The monoisotopic (exact) mass is 397 g/mol. The molecule has 0 amide bonds. The average Bonchev–Trinajstić information content (AvgIpc) is 2.82. The van der Waals surface area contributed by atoms with E-state index in [4.69, 9.17) is 16.3 Å². The van der Waals surface area contributed by atoms with Gasteiger partial charge < -0.3 is 9.84 Å². The predicted octanol–water partition coefficient (Wildman–Crippen LogP) is 3.00. The van der Waals surface area contributed by atoms with E-state index in [-0.39, 0.29) is 15.5 Å². The number of halogens is 2. The summed E-state index contributed by atoms with van der Waals surface area (Å²) in [5.41, 5.74) is -1.73. The van der Waals surface area contributed by atoms with Crippen molar-refractivity contribution in [1.29, 1.82) is 0 Å². The fourth-order valence-electron chi connectivity index (χ4n) is 2.46. The second kappa shape index (κ2) is 6.30. The van der Waals surface area contributed by atoms with Crippen molar-refractivity contribution in [3.63, 3.8) is 0 Å². The maximum atomic E-state index is 13.7. The first-order chi connectivity index (χ1) is 12.1. The van der Waals surface area contributed by atoms with Crippen molar-refractivity contribution in [3.05, 3.63) is 76.6 Å². The number of carbonyl (C=O) groups is 1. The predicted molar refractivity (Wildman–Crippen MR) is 91.3 cm³/mol. The fraction of sp³-hybridized carbons (Fsp3) is 0.118. The molecule has 2 aromatic rings. The number of ketones is 1. The summed E-state index contributed by atoms with van der Waals surface area (Å²) in [6.45, 7) is 1.29. The summed E-state index contributed by atoms with van der Waals surface area (Å²) in [7, 11) is -4.09. The van der Waals surface area contributed by atoms with Crippen LogP contribution in [0.2, 0.25) is 5.02 Å². The molecule has 0 spiro atoms. The third-order valence-electron chi connectivity index (χ3n) is 3.92. The van der Waals surface area contributed by atoms with Crippen LogP contribution in [0.5, 0.6) is 0 Å². The molecule has 1 aliphatic heterocycles. The molecule has 1 heterocycles.